The third-order valence-electron chi connectivity index (χ3n) is 3.46. The van der Waals surface area contributed by atoms with Crippen LogP contribution in [-0.4, -0.2) is 19.2 Å². The first-order valence-corrected chi connectivity index (χ1v) is 10.9. The lowest BCUT2D eigenvalue weighted by molar-refractivity contribution is 0.0897. The maximum absolute atomic E-state index is 5.91. The van der Waals surface area contributed by atoms with Crippen molar-refractivity contribution in [2.45, 2.75) is 39.3 Å². The van der Waals surface area contributed by atoms with E-state index in [-0.39, 0.29) is 0 Å². The summed E-state index contributed by atoms with van der Waals surface area (Å²) in [5.41, 5.74) is 3.47. The Morgan fingerprint density at radius 1 is 1.25 bits per heavy atom. The minimum atomic E-state index is -1.02. The molecule has 0 amide bonds. The van der Waals surface area contributed by atoms with Gasteiger partial charge >= 0.3 is 0 Å². The molecule has 2 aromatic rings. The van der Waals surface area contributed by atoms with Gasteiger partial charge in [0.2, 0.25) is 0 Å². The Labute approximate surface area is 123 Å². The lowest BCUT2D eigenvalue weighted by Crippen LogP contribution is -2.22. The van der Waals surface area contributed by atoms with Gasteiger partial charge in [-0.15, -0.1) is 0 Å². The molecule has 0 aliphatic rings. The van der Waals surface area contributed by atoms with Crippen LogP contribution < -0.4 is 0 Å². The lowest BCUT2D eigenvalue weighted by Gasteiger charge is -2.17. The van der Waals surface area contributed by atoms with Crippen molar-refractivity contribution in [1.82, 2.24) is 4.57 Å². The minimum absolute atomic E-state index is 0.611. The number of aromatic nitrogens is 1. The van der Waals surface area contributed by atoms with Gasteiger partial charge in [0.1, 0.15) is 6.73 Å². The summed E-state index contributed by atoms with van der Waals surface area (Å²) in [6.45, 7) is 14.7. The van der Waals surface area contributed by atoms with Gasteiger partial charge in [0.25, 0.3) is 0 Å². The molecule has 0 spiro atoms. The molecular weight excluding hydrogens is 262 g/mol. The Hall–Kier alpha value is -1.32. The fourth-order valence-corrected chi connectivity index (χ4v) is 2.99. The van der Waals surface area contributed by atoms with Gasteiger partial charge in [-0.1, -0.05) is 44.4 Å². The molecule has 1 heterocycles. The van der Waals surface area contributed by atoms with Gasteiger partial charge in [-0.3, -0.25) is 0 Å². The molecule has 0 radical (unpaired) electrons. The molecule has 0 N–H and O–H groups in total. The van der Waals surface area contributed by atoms with E-state index in [1.165, 1.54) is 22.6 Å². The van der Waals surface area contributed by atoms with E-state index in [0.29, 0.717) is 6.73 Å². The zero-order valence-corrected chi connectivity index (χ0v) is 14.1. The van der Waals surface area contributed by atoms with Crippen molar-refractivity contribution in [2.75, 3.05) is 6.61 Å². The molecule has 0 atom stereocenters. The summed E-state index contributed by atoms with van der Waals surface area (Å²) in [6, 6.07) is 11.8. The van der Waals surface area contributed by atoms with Gasteiger partial charge in [0.15, 0.2) is 0 Å². The quantitative estimate of drug-likeness (QED) is 0.539. The van der Waals surface area contributed by atoms with Crippen LogP contribution in [0, 0.1) is 0 Å². The Morgan fingerprint density at radius 3 is 2.60 bits per heavy atom. The van der Waals surface area contributed by atoms with E-state index in [9.17, 15) is 0 Å². The summed E-state index contributed by atoms with van der Waals surface area (Å²) < 4.78 is 8.13. The van der Waals surface area contributed by atoms with Crippen molar-refractivity contribution in [1.29, 1.82) is 0 Å². The first-order chi connectivity index (χ1) is 9.38. The molecule has 2 nitrogen and oxygen atoms in total. The number of para-hydroxylation sites is 1. The van der Waals surface area contributed by atoms with Crippen molar-refractivity contribution in [2.24, 2.45) is 0 Å². The topological polar surface area (TPSA) is 14.2 Å². The molecule has 0 unspecified atom stereocenters. The highest BCUT2D eigenvalue weighted by molar-refractivity contribution is 6.76. The number of ether oxygens (including phenoxy) is 1. The van der Waals surface area contributed by atoms with Crippen LogP contribution in [0.25, 0.3) is 16.5 Å². The smallest absolute Gasteiger partial charge is 0.123 e. The summed E-state index contributed by atoms with van der Waals surface area (Å²) in [5.74, 6) is 0. The summed E-state index contributed by atoms with van der Waals surface area (Å²) in [4.78, 5) is 0. The molecular formula is C17H25NOSi. The minimum Gasteiger partial charge on any atom is -0.361 e. The molecule has 1 aromatic carbocycles. The van der Waals surface area contributed by atoms with E-state index in [4.69, 9.17) is 4.74 Å². The number of allylic oxidation sites excluding steroid dienone is 1. The van der Waals surface area contributed by atoms with Gasteiger partial charge in [-0.05, 0) is 30.7 Å². The third-order valence-corrected chi connectivity index (χ3v) is 5.17. The maximum Gasteiger partial charge on any atom is 0.123 e. The number of hydrogen-bond acceptors (Lipinski definition) is 1. The first-order valence-electron chi connectivity index (χ1n) is 7.20. The van der Waals surface area contributed by atoms with Crippen molar-refractivity contribution < 1.29 is 4.74 Å². The first kappa shape index (κ1) is 15.1. The summed E-state index contributed by atoms with van der Waals surface area (Å²) in [6.07, 6.45) is 0. The average molecular weight is 287 g/mol. The zero-order valence-electron chi connectivity index (χ0n) is 13.1. The van der Waals surface area contributed by atoms with Crippen LogP contribution in [0.1, 0.15) is 12.6 Å². The molecule has 0 saturated heterocycles. The van der Waals surface area contributed by atoms with E-state index in [1.54, 1.807) is 0 Å². The van der Waals surface area contributed by atoms with E-state index < -0.39 is 8.07 Å². The Balaban J connectivity index is 2.15. The molecule has 0 bridgehead atoms. The molecule has 108 valence electrons. The molecule has 3 heteroatoms. The van der Waals surface area contributed by atoms with Gasteiger partial charge in [0.05, 0.1) is 5.52 Å². The highest BCUT2D eigenvalue weighted by atomic mass is 28.3. The standard InChI is InChI=1S/C17H25NOSi/c1-14(2)17-12-15-8-6-7-9-16(15)18(17)13-19-10-11-20(3,4)5/h6-9,12H,1,10-11,13H2,2-5H3. The van der Waals surface area contributed by atoms with Crippen LogP contribution in [0.15, 0.2) is 36.9 Å². The molecule has 0 aliphatic carbocycles. The fourth-order valence-electron chi connectivity index (χ4n) is 2.24. The van der Waals surface area contributed by atoms with Crippen LogP contribution in [0.2, 0.25) is 25.7 Å². The summed E-state index contributed by atoms with van der Waals surface area (Å²) >= 11 is 0. The number of rotatable bonds is 6. The van der Waals surface area contributed by atoms with Gasteiger partial charge in [-0.25, -0.2) is 0 Å². The second-order valence-corrected chi connectivity index (χ2v) is 12.3. The van der Waals surface area contributed by atoms with Crippen molar-refractivity contribution in [3.8, 4) is 0 Å². The second-order valence-electron chi connectivity index (χ2n) is 6.64. The SMILES string of the molecule is C=C(C)c1cc2ccccc2n1COCC[Si](C)(C)C. The molecule has 0 saturated carbocycles. The predicted octanol–water partition coefficient (Wildman–Crippen LogP) is 4.99. The van der Waals surface area contributed by atoms with Crippen LogP contribution in [0.3, 0.4) is 0 Å². The zero-order chi connectivity index (χ0) is 14.8. The monoisotopic (exact) mass is 287 g/mol. The van der Waals surface area contributed by atoms with Crippen LogP contribution in [0.5, 0.6) is 0 Å². The number of hydrogen-bond donors (Lipinski definition) is 0. The molecule has 0 fully saturated rings. The van der Waals surface area contributed by atoms with E-state index in [2.05, 4.69) is 61.1 Å². The van der Waals surface area contributed by atoms with Crippen LogP contribution >= 0.6 is 0 Å². The molecule has 20 heavy (non-hydrogen) atoms. The maximum atomic E-state index is 5.91. The summed E-state index contributed by atoms with van der Waals surface area (Å²) in [5, 5.41) is 1.25. The Morgan fingerprint density at radius 2 is 1.95 bits per heavy atom. The van der Waals surface area contributed by atoms with Crippen LogP contribution in [0.4, 0.5) is 0 Å². The van der Waals surface area contributed by atoms with E-state index in [0.717, 1.165) is 12.2 Å². The molecule has 2 rings (SSSR count). The Kier molecular flexibility index (Phi) is 4.51. The number of nitrogens with zero attached hydrogens (tertiary/aromatic N) is 1. The largest absolute Gasteiger partial charge is 0.361 e. The molecule has 0 aliphatic heterocycles. The Bertz CT molecular complexity index is 607. The average Bonchev–Trinajstić information content (AvgIpc) is 2.72. The highest BCUT2D eigenvalue weighted by Gasteiger charge is 2.13. The van der Waals surface area contributed by atoms with E-state index >= 15 is 0 Å². The predicted molar refractivity (Wildman–Crippen MR) is 90.8 cm³/mol. The normalized spacial score (nSPS) is 12.0. The van der Waals surface area contributed by atoms with Crippen molar-refractivity contribution in [3.05, 3.63) is 42.6 Å². The summed E-state index contributed by atoms with van der Waals surface area (Å²) in [7, 11) is -1.02. The fraction of sp³-hybridized carbons (Fsp3) is 0.412. The lowest BCUT2D eigenvalue weighted by atomic mass is 10.2. The van der Waals surface area contributed by atoms with Crippen molar-refractivity contribution in [3.63, 3.8) is 0 Å². The van der Waals surface area contributed by atoms with Gasteiger partial charge in [-0.2, -0.15) is 0 Å². The van der Waals surface area contributed by atoms with Crippen LogP contribution in [-0.2, 0) is 11.5 Å². The van der Waals surface area contributed by atoms with E-state index in [1.807, 2.05) is 6.92 Å². The third kappa shape index (κ3) is 3.61. The molecule has 1 aromatic heterocycles. The number of fused-ring (bicyclic) bond motifs is 1. The van der Waals surface area contributed by atoms with Gasteiger partial charge in [0, 0.05) is 25.8 Å². The van der Waals surface area contributed by atoms with Crippen molar-refractivity contribution >= 4 is 24.5 Å². The second kappa shape index (κ2) is 5.98. The number of benzene rings is 1. The van der Waals surface area contributed by atoms with Gasteiger partial charge < -0.3 is 9.30 Å². The highest BCUT2D eigenvalue weighted by Crippen LogP contribution is 2.24.